The van der Waals surface area contributed by atoms with Crippen molar-refractivity contribution in [2.45, 2.75) is 32.0 Å². The smallest absolute Gasteiger partial charge is 0.416 e. The molecule has 216 valence electrons. The van der Waals surface area contributed by atoms with Crippen LogP contribution < -0.4 is 21.1 Å². The number of fused-ring (bicyclic) bond motifs is 1. The highest BCUT2D eigenvalue weighted by molar-refractivity contribution is 5.99. The molecule has 1 aromatic heterocycles. The van der Waals surface area contributed by atoms with Gasteiger partial charge < -0.3 is 21.1 Å². The number of ether oxygens (including phenoxy) is 1. The Hall–Kier alpha value is -4.58. The van der Waals surface area contributed by atoms with Crippen LogP contribution in [0.25, 0.3) is 10.9 Å². The van der Waals surface area contributed by atoms with E-state index in [0.29, 0.717) is 35.4 Å². The zero-order valence-electron chi connectivity index (χ0n) is 22.4. The molecular formula is C29H31F3N6O3. The number of likely N-dealkylation sites (tertiary alicyclic amines) is 1. The number of nitrogens with zero attached hydrogens (tertiary/aromatic N) is 3. The average molecular weight is 569 g/mol. The number of aromatic nitrogens is 1. The minimum atomic E-state index is -4.52. The van der Waals surface area contributed by atoms with Crippen LogP contribution in [0.15, 0.2) is 84.3 Å². The third kappa shape index (κ3) is 7.34. The Morgan fingerprint density at radius 1 is 1.22 bits per heavy atom. The Bertz CT molecular complexity index is 1490. The van der Waals surface area contributed by atoms with Gasteiger partial charge in [-0.2, -0.15) is 13.2 Å². The summed E-state index contributed by atoms with van der Waals surface area (Å²) >= 11 is 0. The molecular weight excluding hydrogens is 537 g/mol. The molecule has 1 aliphatic rings. The first-order valence-electron chi connectivity index (χ1n) is 13.0. The van der Waals surface area contributed by atoms with Gasteiger partial charge in [-0.15, -0.1) is 0 Å². The highest BCUT2D eigenvalue weighted by Crippen LogP contribution is 2.31. The van der Waals surface area contributed by atoms with E-state index >= 15 is 0 Å². The van der Waals surface area contributed by atoms with Gasteiger partial charge in [0.1, 0.15) is 5.75 Å². The van der Waals surface area contributed by atoms with Crippen LogP contribution in [0.2, 0.25) is 0 Å². The largest absolute Gasteiger partial charge is 0.439 e. The molecule has 2 aromatic carbocycles. The van der Waals surface area contributed by atoms with Crippen LogP contribution in [-0.4, -0.2) is 53.0 Å². The molecule has 1 fully saturated rings. The van der Waals surface area contributed by atoms with Crippen molar-refractivity contribution in [2.24, 2.45) is 10.7 Å². The first kappa shape index (κ1) is 29.4. The molecule has 12 heteroatoms. The lowest BCUT2D eigenvalue weighted by atomic mass is 10.2. The minimum Gasteiger partial charge on any atom is -0.439 e. The molecule has 1 aliphatic heterocycles. The maximum absolute atomic E-state index is 13.0. The SMILES string of the molecule is C=C/N=C(\C=C(/N)CN1CCC[C@H]1C(=O)NCC)Oc1ccc2c(ccn2C(=O)Nc2cccc(C(F)(F)F)c2)c1. The van der Waals surface area contributed by atoms with Gasteiger partial charge in [-0.05, 0) is 68.8 Å². The highest BCUT2D eigenvalue weighted by atomic mass is 19.4. The molecule has 0 aliphatic carbocycles. The molecule has 9 nitrogen and oxygen atoms in total. The van der Waals surface area contributed by atoms with E-state index in [1.54, 1.807) is 30.3 Å². The number of aliphatic imine (C=N–C) groups is 1. The van der Waals surface area contributed by atoms with Crippen LogP contribution in [0.4, 0.5) is 23.7 Å². The van der Waals surface area contributed by atoms with E-state index in [2.05, 4.69) is 22.2 Å². The second-order valence-corrected chi connectivity index (χ2v) is 9.41. The predicted molar refractivity (Wildman–Crippen MR) is 152 cm³/mol. The molecule has 0 radical (unpaired) electrons. The topological polar surface area (TPSA) is 114 Å². The molecule has 0 unspecified atom stereocenters. The Labute approximate surface area is 235 Å². The van der Waals surface area contributed by atoms with Crippen LogP contribution >= 0.6 is 0 Å². The molecule has 0 saturated carbocycles. The van der Waals surface area contributed by atoms with Gasteiger partial charge in [0.05, 0.1) is 17.1 Å². The normalized spacial score (nSPS) is 16.5. The summed E-state index contributed by atoms with van der Waals surface area (Å²) in [6, 6.07) is 10.2. The number of carbonyl (C=O) groups is 2. The third-order valence-electron chi connectivity index (χ3n) is 6.47. The molecule has 41 heavy (non-hydrogen) atoms. The number of amides is 2. The Kier molecular flexibility index (Phi) is 9.13. The fourth-order valence-corrected chi connectivity index (χ4v) is 4.67. The van der Waals surface area contributed by atoms with Gasteiger partial charge in [-0.3, -0.25) is 14.3 Å². The van der Waals surface area contributed by atoms with Crippen molar-refractivity contribution < 1.29 is 27.5 Å². The number of carbonyl (C=O) groups excluding carboxylic acids is 2. The van der Waals surface area contributed by atoms with Crippen LogP contribution in [-0.2, 0) is 11.0 Å². The summed E-state index contributed by atoms with van der Waals surface area (Å²) in [4.78, 5) is 31.3. The van der Waals surface area contributed by atoms with Crippen molar-refractivity contribution in [2.75, 3.05) is 25.0 Å². The molecule has 3 aromatic rings. The number of hydrogen-bond acceptors (Lipinski definition) is 6. The van der Waals surface area contributed by atoms with Gasteiger partial charge in [-0.25, -0.2) is 9.79 Å². The number of nitrogens with one attached hydrogen (secondary N) is 2. The lowest BCUT2D eigenvalue weighted by molar-refractivity contribution is -0.137. The summed E-state index contributed by atoms with van der Waals surface area (Å²) in [5.41, 5.74) is 6.42. The second-order valence-electron chi connectivity index (χ2n) is 9.41. The lowest BCUT2D eigenvalue weighted by Gasteiger charge is -2.23. The van der Waals surface area contributed by atoms with Crippen molar-refractivity contribution >= 4 is 34.4 Å². The van der Waals surface area contributed by atoms with Gasteiger partial charge in [0.15, 0.2) is 0 Å². The van der Waals surface area contributed by atoms with Crippen LogP contribution in [0.5, 0.6) is 5.75 Å². The van der Waals surface area contributed by atoms with Crippen molar-refractivity contribution in [1.29, 1.82) is 0 Å². The van der Waals surface area contributed by atoms with E-state index in [1.807, 2.05) is 11.8 Å². The zero-order chi connectivity index (χ0) is 29.6. The number of rotatable bonds is 8. The summed E-state index contributed by atoms with van der Waals surface area (Å²) in [5.74, 6) is 0.588. The Morgan fingerprint density at radius 3 is 2.76 bits per heavy atom. The van der Waals surface area contributed by atoms with Crippen molar-refractivity contribution in [3.05, 3.63) is 84.8 Å². The number of anilines is 1. The van der Waals surface area contributed by atoms with Gasteiger partial charge in [0.25, 0.3) is 0 Å². The van der Waals surface area contributed by atoms with Gasteiger partial charge in [-0.1, -0.05) is 12.6 Å². The van der Waals surface area contributed by atoms with Gasteiger partial charge in [0, 0.05) is 48.3 Å². The summed E-state index contributed by atoms with van der Waals surface area (Å²) in [6.45, 7) is 7.18. The molecule has 1 saturated heterocycles. The fourth-order valence-electron chi connectivity index (χ4n) is 4.67. The standard InChI is InChI=1S/C29H31F3N6O3/c1-3-34-26(17-21(33)18-37-13-6-9-25(37)27(39)35-4-2)41-23-10-11-24-19(15-23)12-14-38(24)28(40)36-22-8-5-7-20(16-22)29(30,31)32/h3,5,7-8,10-12,14-17,25H,1,4,6,9,13,18,33H2,2H3,(H,35,39)(H,36,40)/b21-17-,34-26+/t25-/m0/s1. The molecule has 4 rings (SSSR count). The van der Waals surface area contributed by atoms with Crippen LogP contribution in [0.1, 0.15) is 25.3 Å². The maximum atomic E-state index is 13.0. The van der Waals surface area contributed by atoms with Crippen molar-refractivity contribution in [3.63, 3.8) is 0 Å². The summed E-state index contributed by atoms with van der Waals surface area (Å²) < 4.78 is 46.3. The molecule has 4 N–H and O–H groups in total. The predicted octanol–water partition coefficient (Wildman–Crippen LogP) is 5.10. The van der Waals surface area contributed by atoms with Crippen molar-refractivity contribution in [1.82, 2.24) is 14.8 Å². The molecule has 2 amide bonds. The minimum absolute atomic E-state index is 0.0159. The number of nitrogens with two attached hydrogens (primary N) is 1. The molecule has 2 heterocycles. The number of benzene rings is 2. The van der Waals surface area contributed by atoms with Crippen LogP contribution in [0, 0.1) is 0 Å². The second kappa shape index (κ2) is 12.7. The number of halogens is 3. The van der Waals surface area contributed by atoms with E-state index in [-0.39, 0.29) is 23.5 Å². The summed E-state index contributed by atoms with van der Waals surface area (Å²) in [6.07, 6.45) is 1.55. The van der Waals surface area contributed by atoms with Gasteiger partial charge in [0.2, 0.25) is 11.8 Å². The number of alkyl halides is 3. The molecule has 0 bridgehead atoms. The first-order valence-corrected chi connectivity index (χ1v) is 13.0. The average Bonchev–Trinajstić information content (AvgIpc) is 3.55. The Morgan fingerprint density at radius 2 is 2.02 bits per heavy atom. The quantitative estimate of drug-likeness (QED) is 0.258. The molecule has 0 spiro atoms. The van der Waals surface area contributed by atoms with E-state index in [1.165, 1.54) is 29.1 Å². The van der Waals surface area contributed by atoms with Gasteiger partial charge >= 0.3 is 12.2 Å². The summed E-state index contributed by atoms with van der Waals surface area (Å²) in [5, 5.41) is 6.00. The van der Waals surface area contributed by atoms with E-state index in [0.717, 1.165) is 31.5 Å². The number of hydrogen-bond donors (Lipinski definition) is 3. The number of likely N-dealkylation sites (N-methyl/N-ethyl adjacent to an activating group) is 1. The van der Waals surface area contributed by atoms with E-state index in [9.17, 15) is 22.8 Å². The lowest BCUT2D eigenvalue weighted by Crippen LogP contribution is -2.44. The molecule has 1 atom stereocenters. The van der Waals surface area contributed by atoms with E-state index < -0.39 is 17.8 Å². The maximum Gasteiger partial charge on any atom is 0.416 e. The monoisotopic (exact) mass is 568 g/mol. The first-order chi connectivity index (χ1) is 19.6. The fraction of sp³-hybridized carbons (Fsp3) is 0.276. The highest BCUT2D eigenvalue weighted by Gasteiger charge is 2.31. The van der Waals surface area contributed by atoms with Crippen molar-refractivity contribution in [3.8, 4) is 5.75 Å². The van der Waals surface area contributed by atoms with E-state index in [4.69, 9.17) is 10.5 Å². The summed E-state index contributed by atoms with van der Waals surface area (Å²) in [7, 11) is 0. The zero-order valence-corrected chi connectivity index (χ0v) is 22.4. The van der Waals surface area contributed by atoms with Crippen LogP contribution in [0.3, 0.4) is 0 Å². The third-order valence-corrected chi connectivity index (χ3v) is 6.47. The Balaban J connectivity index is 1.46.